The maximum atomic E-state index is 12.7. The predicted octanol–water partition coefficient (Wildman–Crippen LogP) is 2.07. The average molecular weight is 332 g/mol. The summed E-state index contributed by atoms with van der Waals surface area (Å²) in [7, 11) is 1.61. The fourth-order valence-electron chi connectivity index (χ4n) is 3.05. The van der Waals surface area contributed by atoms with Crippen molar-refractivity contribution in [2.45, 2.75) is 18.4 Å². The maximum absolute atomic E-state index is 12.7. The summed E-state index contributed by atoms with van der Waals surface area (Å²) in [4.78, 5) is 19.3. The Kier molecular flexibility index (Phi) is 4.75. The summed E-state index contributed by atoms with van der Waals surface area (Å²) in [5.74, 6) is -0.0175. The molecular weight excluding hydrogens is 312 g/mol. The number of carbonyl (C=O) groups excluding carboxylic acids is 1. The highest BCUT2D eigenvalue weighted by Crippen LogP contribution is 2.35. The molecule has 1 saturated heterocycles. The minimum atomic E-state index is -0.364. The van der Waals surface area contributed by atoms with Gasteiger partial charge in [0.05, 0.1) is 19.4 Å². The third kappa shape index (κ3) is 3.15. The summed E-state index contributed by atoms with van der Waals surface area (Å²) in [6, 6.07) is 9.94. The van der Waals surface area contributed by atoms with E-state index in [0.717, 1.165) is 17.0 Å². The molecule has 1 N–H and O–H groups in total. The molecule has 1 unspecified atom stereocenters. The lowest BCUT2D eigenvalue weighted by molar-refractivity contribution is 0.0778. The molecule has 1 aliphatic rings. The molecule has 6 heteroatoms. The summed E-state index contributed by atoms with van der Waals surface area (Å²) in [5.41, 5.74) is 0.721. The van der Waals surface area contributed by atoms with Gasteiger partial charge in [0.15, 0.2) is 0 Å². The second-order valence-electron chi connectivity index (χ2n) is 5.83. The third-order valence-corrected chi connectivity index (χ3v) is 5.32. The molecule has 2 heterocycles. The smallest absolute Gasteiger partial charge is 0.265 e. The van der Waals surface area contributed by atoms with Crippen LogP contribution in [0.2, 0.25) is 0 Å². The van der Waals surface area contributed by atoms with Gasteiger partial charge in [-0.1, -0.05) is 30.3 Å². The van der Waals surface area contributed by atoms with Crippen LogP contribution < -0.4 is 0 Å². The number of thiazole rings is 1. The van der Waals surface area contributed by atoms with E-state index in [2.05, 4.69) is 4.98 Å². The first-order chi connectivity index (χ1) is 11.2. The van der Waals surface area contributed by atoms with Crippen molar-refractivity contribution in [1.29, 1.82) is 0 Å². The molecular formula is C17H20N2O3S. The van der Waals surface area contributed by atoms with Crippen LogP contribution in [0.5, 0.6) is 0 Å². The number of rotatable bonds is 5. The van der Waals surface area contributed by atoms with Gasteiger partial charge in [0.2, 0.25) is 0 Å². The molecule has 1 amide bonds. The largest absolute Gasteiger partial charge is 0.395 e. The van der Waals surface area contributed by atoms with Gasteiger partial charge in [0.1, 0.15) is 9.88 Å². The number of likely N-dealkylation sites (tertiary alicyclic amines) is 1. The molecule has 0 radical (unpaired) electrons. The van der Waals surface area contributed by atoms with Crippen LogP contribution in [-0.4, -0.2) is 47.7 Å². The molecule has 1 aliphatic heterocycles. The third-order valence-electron chi connectivity index (χ3n) is 4.36. The number of hydrogen-bond donors (Lipinski definition) is 1. The molecule has 0 spiro atoms. The number of carbonyl (C=O) groups is 1. The monoisotopic (exact) mass is 332 g/mol. The average Bonchev–Trinajstić information content (AvgIpc) is 3.23. The molecule has 122 valence electrons. The minimum absolute atomic E-state index is 0.0175. The Hall–Kier alpha value is -1.76. The van der Waals surface area contributed by atoms with Crippen LogP contribution in [0.4, 0.5) is 0 Å². The Balaban J connectivity index is 1.76. The first-order valence-electron chi connectivity index (χ1n) is 7.58. The molecule has 0 bridgehead atoms. The molecule has 0 saturated carbocycles. The van der Waals surface area contributed by atoms with Crippen molar-refractivity contribution in [1.82, 2.24) is 9.88 Å². The van der Waals surface area contributed by atoms with Gasteiger partial charge in [0.25, 0.3) is 5.91 Å². The van der Waals surface area contributed by atoms with Gasteiger partial charge < -0.3 is 14.7 Å². The Morgan fingerprint density at radius 3 is 2.91 bits per heavy atom. The minimum Gasteiger partial charge on any atom is -0.395 e. The van der Waals surface area contributed by atoms with E-state index in [9.17, 15) is 9.90 Å². The van der Waals surface area contributed by atoms with Gasteiger partial charge in [-0.3, -0.25) is 4.79 Å². The Labute approximate surface area is 139 Å². The highest BCUT2D eigenvalue weighted by atomic mass is 32.1. The van der Waals surface area contributed by atoms with Crippen molar-refractivity contribution in [3.8, 4) is 0 Å². The van der Waals surface area contributed by atoms with Crippen LogP contribution in [0, 0.1) is 0 Å². The van der Waals surface area contributed by atoms with Gasteiger partial charge in [-0.05, 0) is 12.0 Å². The number of methoxy groups -OCH3 is 1. The number of aromatic nitrogens is 1. The zero-order valence-corrected chi connectivity index (χ0v) is 13.9. The predicted molar refractivity (Wildman–Crippen MR) is 88.6 cm³/mol. The maximum Gasteiger partial charge on any atom is 0.265 e. The Morgan fingerprint density at radius 1 is 1.43 bits per heavy atom. The number of aliphatic hydroxyl groups is 1. The summed E-state index contributed by atoms with van der Waals surface area (Å²) in [5, 5.41) is 10.7. The van der Waals surface area contributed by atoms with E-state index in [-0.39, 0.29) is 17.9 Å². The van der Waals surface area contributed by atoms with E-state index < -0.39 is 0 Å². The first-order valence-corrected chi connectivity index (χ1v) is 8.39. The molecule has 1 atom stereocenters. The van der Waals surface area contributed by atoms with E-state index in [1.807, 2.05) is 35.2 Å². The lowest BCUT2D eigenvalue weighted by Gasteiger charge is -2.27. The zero-order chi connectivity index (χ0) is 16.3. The Bertz CT molecular complexity index is 673. The number of nitrogens with zero attached hydrogens (tertiary/aromatic N) is 2. The molecule has 1 aromatic carbocycles. The number of hydrogen-bond acceptors (Lipinski definition) is 5. The van der Waals surface area contributed by atoms with E-state index in [1.54, 1.807) is 13.3 Å². The summed E-state index contributed by atoms with van der Waals surface area (Å²) in [6.45, 7) is 1.64. The van der Waals surface area contributed by atoms with Crippen LogP contribution in [0.3, 0.4) is 0 Å². The fourth-order valence-corrected chi connectivity index (χ4v) is 3.91. The highest BCUT2D eigenvalue weighted by molar-refractivity contribution is 7.13. The van der Waals surface area contributed by atoms with Crippen LogP contribution in [-0.2, 0) is 16.8 Å². The van der Waals surface area contributed by atoms with E-state index in [0.29, 0.717) is 24.6 Å². The standard InChI is InChI=1S/C17H20N2O3S/c1-22-10-15-18-9-14(23-15)16(21)19-8-7-17(11-19,12-20)13-5-3-2-4-6-13/h2-6,9,20H,7-8,10-12H2,1H3. The van der Waals surface area contributed by atoms with Gasteiger partial charge in [-0.15, -0.1) is 11.3 Å². The molecule has 1 fully saturated rings. The summed E-state index contributed by atoms with van der Waals surface area (Å²) in [6.07, 6.45) is 2.38. The normalized spacial score (nSPS) is 20.9. The van der Waals surface area contributed by atoms with Gasteiger partial charge >= 0.3 is 0 Å². The number of ether oxygens (including phenoxy) is 1. The molecule has 23 heavy (non-hydrogen) atoms. The van der Waals surface area contributed by atoms with Gasteiger partial charge in [0, 0.05) is 25.6 Å². The fraction of sp³-hybridized carbons (Fsp3) is 0.412. The molecule has 5 nitrogen and oxygen atoms in total. The molecule has 1 aromatic heterocycles. The van der Waals surface area contributed by atoms with Gasteiger partial charge in [-0.25, -0.2) is 4.98 Å². The quantitative estimate of drug-likeness (QED) is 0.910. The lowest BCUT2D eigenvalue weighted by Crippen LogP contribution is -2.36. The molecule has 0 aliphatic carbocycles. The van der Waals surface area contributed by atoms with Crippen molar-refractivity contribution in [3.63, 3.8) is 0 Å². The van der Waals surface area contributed by atoms with E-state index in [4.69, 9.17) is 4.74 Å². The van der Waals surface area contributed by atoms with Crippen molar-refractivity contribution in [3.05, 3.63) is 52.0 Å². The van der Waals surface area contributed by atoms with E-state index in [1.165, 1.54) is 11.3 Å². The van der Waals surface area contributed by atoms with Crippen molar-refractivity contribution >= 4 is 17.2 Å². The Morgan fingerprint density at radius 2 is 2.22 bits per heavy atom. The van der Waals surface area contributed by atoms with Crippen LogP contribution in [0.1, 0.15) is 26.7 Å². The second kappa shape index (κ2) is 6.78. The van der Waals surface area contributed by atoms with Crippen LogP contribution in [0.25, 0.3) is 0 Å². The zero-order valence-electron chi connectivity index (χ0n) is 13.1. The number of benzene rings is 1. The number of amides is 1. The SMILES string of the molecule is COCc1ncc(C(=O)N2CCC(CO)(c3ccccc3)C2)s1. The van der Waals surface area contributed by atoms with Gasteiger partial charge in [-0.2, -0.15) is 0 Å². The second-order valence-corrected chi connectivity index (χ2v) is 6.95. The van der Waals surface area contributed by atoms with Crippen LogP contribution in [0.15, 0.2) is 36.5 Å². The van der Waals surface area contributed by atoms with Crippen LogP contribution >= 0.6 is 11.3 Å². The molecule has 3 rings (SSSR count). The summed E-state index contributed by atoms with van der Waals surface area (Å²) >= 11 is 1.37. The first kappa shape index (κ1) is 16.1. The van der Waals surface area contributed by atoms with Crippen molar-refractivity contribution in [2.75, 3.05) is 26.8 Å². The van der Waals surface area contributed by atoms with Crippen molar-refractivity contribution < 1.29 is 14.6 Å². The highest BCUT2D eigenvalue weighted by Gasteiger charge is 2.41. The summed E-state index contributed by atoms with van der Waals surface area (Å²) < 4.78 is 5.04. The van der Waals surface area contributed by atoms with E-state index >= 15 is 0 Å². The lowest BCUT2D eigenvalue weighted by atomic mass is 9.80. The topological polar surface area (TPSA) is 62.7 Å². The van der Waals surface area contributed by atoms with Crippen molar-refractivity contribution in [2.24, 2.45) is 0 Å². The number of aliphatic hydroxyl groups excluding tert-OH is 1. The molecule has 2 aromatic rings.